The van der Waals surface area contributed by atoms with Gasteiger partial charge in [0.2, 0.25) is 0 Å². The minimum atomic E-state index is -4.66. The van der Waals surface area contributed by atoms with Gasteiger partial charge >= 0.3 is 0 Å². The predicted molar refractivity (Wildman–Crippen MR) is 135 cm³/mol. The van der Waals surface area contributed by atoms with Gasteiger partial charge in [0.15, 0.2) is 0 Å². The molecule has 0 spiro atoms. The standard InChI is InChI=1S/C28H26F2O4S2/c1-27(2)17-9-10-28(27,25(31)12-17)26(36(32,33)34)16-7-8-22-21-5-3-4-6-23(21)35(24(22)11-16)20-14-18(29)13-19(30)15-20/h3-8,11,13-15,17,26,35H,9-10,12H2,1-2H3,(H,32,33,34). The molecule has 2 fully saturated rings. The highest BCUT2D eigenvalue weighted by Gasteiger charge is 2.70. The van der Waals surface area contributed by atoms with Crippen molar-refractivity contribution in [3.63, 3.8) is 0 Å². The Morgan fingerprint density at radius 1 is 0.972 bits per heavy atom. The molecule has 1 aliphatic heterocycles. The van der Waals surface area contributed by atoms with Crippen molar-refractivity contribution in [1.82, 2.24) is 0 Å². The van der Waals surface area contributed by atoms with E-state index < -0.39 is 48.7 Å². The molecule has 2 aliphatic carbocycles. The van der Waals surface area contributed by atoms with Gasteiger partial charge in [-0.15, -0.1) is 0 Å². The molecule has 2 saturated carbocycles. The van der Waals surface area contributed by atoms with Crippen LogP contribution in [0.4, 0.5) is 8.78 Å². The molecule has 1 N–H and O–H groups in total. The number of rotatable bonds is 4. The molecule has 0 saturated heterocycles. The van der Waals surface area contributed by atoms with Crippen LogP contribution in [0, 0.1) is 28.4 Å². The fourth-order valence-electron chi connectivity index (χ4n) is 7.13. The third-order valence-electron chi connectivity index (χ3n) is 8.84. The van der Waals surface area contributed by atoms with Gasteiger partial charge in [0, 0.05) is 27.2 Å². The van der Waals surface area contributed by atoms with Crippen LogP contribution >= 0.6 is 10.9 Å². The van der Waals surface area contributed by atoms with E-state index in [0.717, 1.165) is 33.4 Å². The van der Waals surface area contributed by atoms with Crippen LogP contribution in [0.1, 0.15) is 43.9 Å². The van der Waals surface area contributed by atoms with Gasteiger partial charge in [0.25, 0.3) is 10.1 Å². The summed E-state index contributed by atoms with van der Waals surface area (Å²) in [5.74, 6) is -1.41. The molecule has 3 aromatic carbocycles. The fourth-order valence-corrected chi connectivity index (χ4v) is 11.4. The van der Waals surface area contributed by atoms with Crippen LogP contribution in [0.15, 0.2) is 75.4 Å². The number of Topliss-reactive ketones (excluding diaryl/α,β-unsaturated/α-hetero) is 1. The van der Waals surface area contributed by atoms with Crippen LogP contribution in [0.2, 0.25) is 0 Å². The van der Waals surface area contributed by atoms with E-state index in [9.17, 15) is 26.5 Å². The second kappa shape index (κ2) is 7.73. The summed E-state index contributed by atoms with van der Waals surface area (Å²) in [6.07, 6.45) is 1.44. The van der Waals surface area contributed by atoms with Crippen molar-refractivity contribution in [2.75, 3.05) is 0 Å². The third-order valence-corrected chi connectivity index (χ3v) is 12.6. The van der Waals surface area contributed by atoms with E-state index in [0.29, 0.717) is 23.3 Å². The topological polar surface area (TPSA) is 71.4 Å². The monoisotopic (exact) mass is 528 g/mol. The minimum Gasteiger partial charge on any atom is -0.299 e. The smallest absolute Gasteiger partial charge is 0.273 e. The Hall–Kier alpha value is -2.55. The van der Waals surface area contributed by atoms with Gasteiger partial charge in [0.05, 0.1) is 5.41 Å². The van der Waals surface area contributed by atoms with E-state index in [1.807, 2.05) is 44.2 Å². The van der Waals surface area contributed by atoms with Crippen molar-refractivity contribution in [3.05, 3.63) is 77.9 Å². The summed E-state index contributed by atoms with van der Waals surface area (Å²) >= 11 is 0. The summed E-state index contributed by atoms with van der Waals surface area (Å²) in [5, 5.41) is -1.41. The second-order valence-corrected chi connectivity index (χ2v) is 14.4. The fraction of sp³-hybridized carbons (Fsp3) is 0.321. The molecule has 1 heterocycles. The maximum Gasteiger partial charge on any atom is 0.273 e. The van der Waals surface area contributed by atoms with Crippen molar-refractivity contribution in [3.8, 4) is 11.1 Å². The average Bonchev–Trinajstić information content (AvgIpc) is 3.31. The predicted octanol–water partition coefficient (Wildman–Crippen LogP) is 6.75. The van der Waals surface area contributed by atoms with E-state index in [2.05, 4.69) is 0 Å². The molecule has 3 aliphatic rings. The SMILES string of the molecule is CC1(C)C2CCC1(C(c1ccc3c(c1)[SH](c1cc(F)cc(F)c1)c1ccccc1-3)S(=O)(=O)O)C(=O)C2. The number of hydrogen-bond acceptors (Lipinski definition) is 3. The van der Waals surface area contributed by atoms with Gasteiger partial charge in [0.1, 0.15) is 22.7 Å². The van der Waals surface area contributed by atoms with E-state index in [4.69, 9.17) is 0 Å². The van der Waals surface area contributed by atoms with E-state index in [-0.39, 0.29) is 11.7 Å². The first-order chi connectivity index (χ1) is 16.9. The van der Waals surface area contributed by atoms with Crippen LogP contribution < -0.4 is 0 Å². The van der Waals surface area contributed by atoms with Gasteiger partial charge in [-0.2, -0.15) is 19.3 Å². The highest BCUT2D eigenvalue weighted by Crippen LogP contribution is 2.70. The molecule has 4 unspecified atom stereocenters. The van der Waals surface area contributed by atoms with Crippen molar-refractivity contribution in [2.45, 2.75) is 53.0 Å². The molecule has 4 atom stereocenters. The van der Waals surface area contributed by atoms with Crippen molar-refractivity contribution in [2.24, 2.45) is 16.7 Å². The van der Waals surface area contributed by atoms with Gasteiger partial charge < -0.3 is 0 Å². The molecule has 3 aromatic rings. The molecule has 0 aromatic heterocycles. The van der Waals surface area contributed by atoms with Crippen LogP contribution in [-0.4, -0.2) is 18.8 Å². The Morgan fingerprint density at radius 2 is 1.64 bits per heavy atom. The third kappa shape index (κ3) is 3.13. The average molecular weight is 529 g/mol. The van der Waals surface area contributed by atoms with Crippen molar-refractivity contribution < 1.29 is 26.5 Å². The van der Waals surface area contributed by atoms with E-state index >= 15 is 0 Å². The lowest BCUT2D eigenvalue weighted by atomic mass is 9.65. The normalized spacial score (nSPS) is 27.6. The summed E-state index contributed by atoms with van der Waals surface area (Å²) in [5.41, 5.74) is 0.312. The van der Waals surface area contributed by atoms with Gasteiger partial charge in [-0.3, -0.25) is 9.35 Å². The molecule has 8 heteroatoms. The molecule has 0 radical (unpaired) electrons. The lowest BCUT2D eigenvalue weighted by Crippen LogP contribution is -2.44. The number of hydrogen-bond donors (Lipinski definition) is 2. The van der Waals surface area contributed by atoms with Crippen LogP contribution in [0.5, 0.6) is 0 Å². The molecule has 2 bridgehead atoms. The number of ketones is 1. The molecular weight excluding hydrogens is 502 g/mol. The maximum absolute atomic E-state index is 14.3. The Morgan fingerprint density at radius 3 is 2.25 bits per heavy atom. The van der Waals surface area contributed by atoms with Gasteiger partial charge in [-0.25, -0.2) is 8.78 Å². The van der Waals surface area contributed by atoms with Gasteiger partial charge in [-0.1, -0.05) is 44.2 Å². The number of halogens is 2. The van der Waals surface area contributed by atoms with E-state index in [1.54, 1.807) is 12.1 Å². The zero-order chi connectivity index (χ0) is 25.6. The number of carbonyl (C=O) groups excluding carboxylic acids is 1. The first kappa shape index (κ1) is 23.8. The lowest BCUT2D eigenvalue weighted by Gasteiger charge is -2.41. The molecule has 0 amide bonds. The van der Waals surface area contributed by atoms with Crippen LogP contribution in [0.25, 0.3) is 11.1 Å². The number of benzene rings is 3. The molecule has 4 nitrogen and oxygen atoms in total. The summed E-state index contributed by atoms with van der Waals surface area (Å²) in [4.78, 5) is 15.5. The van der Waals surface area contributed by atoms with Crippen LogP contribution in [-0.2, 0) is 14.9 Å². The zero-order valence-corrected chi connectivity index (χ0v) is 21.5. The first-order valence-corrected chi connectivity index (χ1v) is 14.8. The number of fused-ring (bicyclic) bond motifs is 5. The highest BCUT2D eigenvalue weighted by molar-refractivity contribution is 8.17. The summed E-state index contributed by atoms with van der Waals surface area (Å²) in [7, 11) is -6.04. The van der Waals surface area contributed by atoms with Crippen molar-refractivity contribution in [1.29, 1.82) is 0 Å². The highest BCUT2D eigenvalue weighted by atomic mass is 32.2. The number of carbonyl (C=O) groups is 1. The quantitative estimate of drug-likeness (QED) is 0.227. The second-order valence-electron chi connectivity index (χ2n) is 10.7. The molecule has 6 rings (SSSR count). The minimum absolute atomic E-state index is 0.0697. The Bertz CT molecular complexity index is 1530. The maximum atomic E-state index is 14.3. The molecule has 188 valence electrons. The Balaban J connectivity index is 1.59. The van der Waals surface area contributed by atoms with Gasteiger partial charge in [-0.05, 0) is 65.1 Å². The number of thiol groups is 1. The van der Waals surface area contributed by atoms with Crippen LogP contribution in [0.3, 0.4) is 0 Å². The summed E-state index contributed by atoms with van der Waals surface area (Å²) < 4.78 is 65.1. The summed E-state index contributed by atoms with van der Waals surface area (Å²) in [6.45, 7) is 3.86. The molecular formula is C28H26F2O4S2. The summed E-state index contributed by atoms with van der Waals surface area (Å²) in [6, 6.07) is 16.3. The zero-order valence-electron chi connectivity index (χ0n) is 19.8. The molecule has 36 heavy (non-hydrogen) atoms. The lowest BCUT2D eigenvalue weighted by molar-refractivity contribution is -0.129. The Labute approximate surface area is 211 Å². The Kier molecular flexibility index (Phi) is 5.11. The largest absolute Gasteiger partial charge is 0.299 e. The van der Waals surface area contributed by atoms with Crippen molar-refractivity contribution >= 4 is 26.8 Å². The van der Waals surface area contributed by atoms with E-state index in [1.165, 1.54) is 12.1 Å². The first-order valence-electron chi connectivity index (χ1n) is 11.9.